The molecule has 1 heterocycles. The molecule has 0 atom stereocenters. The Labute approximate surface area is 221 Å². The first kappa shape index (κ1) is 25.6. The summed E-state index contributed by atoms with van der Waals surface area (Å²) in [5.74, 6) is -0.549. The van der Waals surface area contributed by atoms with E-state index in [0.717, 1.165) is 9.37 Å². The van der Waals surface area contributed by atoms with Crippen molar-refractivity contribution in [2.24, 2.45) is 0 Å². The summed E-state index contributed by atoms with van der Waals surface area (Å²) in [5, 5.41) is 4.90. The van der Waals surface area contributed by atoms with Gasteiger partial charge in [-0.2, -0.15) is 0 Å². The molecule has 3 aromatic carbocycles. The summed E-state index contributed by atoms with van der Waals surface area (Å²) in [4.78, 5) is 50.2. The fourth-order valence-electron chi connectivity index (χ4n) is 3.65. The number of anilines is 2. The predicted octanol–water partition coefficient (Wildman–Crippen LogP) is 4.66. The average Bonchev–Trinajstić information content (AvgIpc) is 2.87. The molecule has 1 aliphatic heterocycles. The third-order valence-electron chi connectivity index (χ3n) is 5.37. The van der Waals surface area contributed by atoms with Gasteiger partial charge in [0.05, 0.1) is 12.8 Å². The predicted molar refractivity (Wildman–Crippen MR) is 141 cm³/mol. The molecular formula is C27H22BrN3O6. The molecule has 0 aliphatic carbocycles. The molecule has 1 fully saturated rings. The monoisotopic (exact) mass is 563 g/mol. The number of hydrogen-bond acceptors (Lipinski definition) is 6. The number of rotatable bonds is 7. The number of imide groups is 2. The number of benzene rings is 3. The van der Waals surface area contributed by atoms with E-state index < -0.39 is 17.8 Å². The summed E-state index contributed by atoms with van der Waals surface area (Å²) >= 11 is 3.32. The molecule has 0 bridgehead atoms. The van der Waals surface area contributed by atoms with Crippen molar-refractivity contribution in [3.63, 3.8) is 0 Å². The van der Waals surface area contributed by atoms with Crippen LogP contribution in [-0.2, 0) is 21.0 Å². The van der Waals surface area contributed by atoms with E-state index in [4.69, 9.17) is 9.47 Å². The van der Waals surface area contributed by atoms with Gasteiger partial charge in [0.15, 0.2) is 0 Å². The van der Waals surface area contributed by atoms with Gasteiger partial charge in [-0.1, -0.05) is 22.0 Å². The number of amides is 5. The van der Waals surface area contributed by atoms with Gasteiger partial charge in [-0.15, -0.1) is 0 Å². The molecule has 0 saturated carbocycles. The Morgan fingerprint density at radius 2 is 1.73 bits per heavy atom. The Bertz CT molecular complexity index is 1400. The zero-order valence-electron chi connectivity index (χ0n) is 19.9. The van der Waals surface area contributed by atoms with Gasteiger partial charge >= 0.3 is 6.03 Å². The zero-order chi connectivity index (χ0) is 26.5. The van der Waals surface area contributed by atoms with Gasteiger partial charge in [0.2, 0.25) is 5.91 Å². The van der Waals surface area contributed by atoms with Crippen molar-refractivity contribution in [2.45, 2.75) is 13.5 Å². The van der Waals surface area contributed by atoms with Crippen LogP contribution in [0.1, 0.15) is 18.1 Å². The number of ether oxygens (including phenoxy) is 2. The summed E-state index contributed by atoms with van der Waals surface area (Å²) in [6.07, 6.45) is 1.42. The van der Waals surface area contributed by atoms with E-state index in [1.165, 1.54) is 20.1 Å². The van der Waals surface area contributed by atoms with Crippen molar-refractivity contribution < 1.29 is 28.7 Å². The molecule has 188 valence electrons. The molecule has 2 N–H and O–H groups in total. The van der Waals surface area contributed by atoms with E-state index in [2.05, 4.69) is 26.6 Å². The fraction of sp³-hybridized carbons (Fsp3) is 0.111. The highest BCUT2D eigenvalue weighted by Crippen LogP contribution is 2.27. The van der Waals surface area contributed by atoms with Gasteiger partial charge < -0.3 is 14.8 Å². The largest absolute Gasteiger partial charge is 0.496 e. The summed E-state index contributed by atoms with van der Waals surface area (Å²) in [6, 6.07) is 17.8. The Morgan fingerprint density at radius 3 is 2.38 bits per heavy atom. The lowest BCUT2D eigenvalue weighted by Gasteiger charge is -2.26. The molecule has 5 amide bonds. The zero-order valence-corrected chi connectivity index (χ0v) is 21.5. The Balaban J connectivity index is 1.57. The van der Waals surface area contributed by atoms with Crippen LogP contribution in [0.3, 0.4) is 0 Å². The summed E-state index contributed by atoms with van der Waals surface area (Å²) in [6.45, 7) is 1.57. The SMILES string of the molecule is COc1ccc(C=C2C(=O)NC(=O)N(c3ccc(Br)cc3)C2=O)cc1COc1ccc(NC(C)=O)cc1. The Hall–Kier alpha value is -4.44. The third-order valence-corrected chi connectivity index (χ3v) is 5.90. The normalized spacial score (nSPS) is 14.4. The van der Waals surface area contributed by atoms with E-state index in [1.54, 1.807) is 66.7 Å². The first-order valence-corrected chi connectivity index (χ1v) is 11.9. The van der Waals surface area contributed by atoms with Crippen molar-refractivity contribution in [1.29, 1.82) is 0 Å². The molecule has 1 saturated heterocycles. The van der Waals surface area contributed by atoms with Crippen LogP contribution >= 0.6 is 15.9 Å². The number of nitrogens with zero attached hydrogens (tertiary/aromatic N) is 1. The van der Waals surface area contributed by atoms with E-state index in [-0.39, 0.29) is 18.1 Å². The molecular weight excluding hydrogens is 542 g/mol. The van der Waals surface area contributed by atoms with Crippen LogP contribution in [0.5, 0.6) is 11.5 Å². The molecule has 3 aromatic rings. The average molecular weight is 564 g/mol. The molecule has 10 heteroatoms. The van der Waals surface area contributed by atoms with Gasteiger partial charge in [-0.25, -0.2) is 9.69 Å². The van der Waals surface area contributed by atoms with Gasteiger partial charge in [0.25, 0.3) is 11.8 Å². The minimum Gasteiger partial charge on any atom is -0.496 e. The van der Waals surface area contributed by atoms with E-state index in [9.17, 15) is 19.2 Å². The second-order valence-electron chi connectivity index (χ2n) is 8.00. The molecule has 0 unspecified atom stereocenters. The number of carbonyl (C=O) groups is 4. The van der Waals surface area contributed by atoms with Crippen LogP contribution in [0, 0.1) is 0 Å². The van der Waals surface area contributed by atoms with Crippen molar-refractivity contribution in [3.05, 3.63) is 87.9 Å². The highest BCUT2D eigenvalue weighted by atomic mass is 79.9. The van der Waals surface area contributed by atoms with Crippen molar-refractivity contribution in [2.75, 3.05) is 17.3 Å². The second-order valence-corrected chi connectivity index (χ2v) is 8.92. The van der Waals surface area contributed by atoms with Crippen LogP contribution in [0.15, 0.2) is 76.8 Å². The van der Waals surface area contributed by atoms with Crippen molar-refractivity contribution >= 4 is 57.1 Å². The summed E-state index contributed by atoms with van der Waals surface area (Å²) in [7, 11) is 1.53. The summed E-state index contributed by atoms with van der Waals surface area (Å²) < 4.78 is 12.1. The second kappa shape index (κ2) is 11.1. The molecule has 0 radical (unpaired) electrons. The third kappa shape index (κ3) is 6.04. The van der Waals surface area contributed by atoms with Gasteiger partial charge in [0.1, 0.15) is 23.7 Å². The lowest BCUT2D eigenvalue weighted by atomic mass is 10.0. The number of nitrogens with one attached hydrogen (secondary N) is 2. The topological polar surface area (TPSA) is 114 Å². The van der Waals surface area contributed by atoms with Crippen LogP contribution in [-0.4, -0.2) is 30.9 Å². The maximum absolute atomic E-state index is 13.1. The summed E-state index contributed by atoms with van der Waals surface area (Å²) in [5.41, 5.74) is 2.01. The highest BCUT2D eigenvalue weighted by molar-refractivity contribution is 9.10. The number of carbonyl (C=O) groups excluding carboxylic acids is 4. The van der Waals surface area contributed by atoms with Crippen LogP contribution in [0.4, 0.5) is 16.2 Å². The van der Waals surface area contributed by atoms with Gasteiger partial charge in [-0.3, -0.25) is 19.7 Å². The van der Waals surface area contributed by atoms with Crippen LogP contribution < -0.4 is 25.0 Å². The lowest BCUT2D eigenvalue weighted by Crippen LogP contribution is -2.54. The highest BCUT2D eigenvalue weighted by Gasteiger charge is 2.36. The fourth-order valence-corrected chi connectivity index (χ4v) is 3.91. The van der Waals surface area contributed by atoms with Crippen molar-refractivity contribution in [1.82, 2.24) is 5.32 Å². The standard InChI is InChI=1S/C27H22BrN3O6/c1-16(32)29-20-6-10-22(11-7-20)37-15-18-13-17(3-12-24(18)36-2)14-23-25(33)30-27(35)31(26(23)34)21-8-4-19(28)5-9-21/h3-14H,15H2,1-2H3,(H,29,32)(H,30,33,35). The number of urea groups is 1. The molecule has 9 nitrogen and oxygen atoms in total. The Morgan fingerprint density at radius 1 is 1.03 bits per heavy atom. The Kier molecular flexibility index (Phi) is 7.69. The maximum atomic E-state index is 13.1. The van der Waals surface area contributed by atoms with E-state index in [0.29, 0.717) is 34.0 Å². The van der Waals surface area contributed by atoms with Gasteiger partial charge in [-0.05, 0) is 72.3 Å². The number of hydrogen-bond donors (Lipinski definition) is 2. The molecule has 1 aliphatic rings. The first-order valence-electron chi connectivity index (χ1n) is 11.1. The maximum Gasteiger partial charge on any atom is 0.335 e. The minimum absolute atomic E-state index is 0.142. The minimum atomic E-state index is -0.817. The number of halogens is 1. The molecule has 37 heavy (non-hydrogen) atoms. The van der Waals surface area contributed by atoms with Crippen LogP contribution in [0.25, 0.3) is 6.08 Å². The van der Waals surface area contributed by atoms with Gasteiger partial charge in [0, 0.05) is 22.6 Å². The van der Waals surface area contributed by atoms with E-state index >= 15 is 0 Å². The quantitative estimate of drug-likeness (QED) is 0.319. The lowest BCUT2D eigenvalue weighted by molar-refractivity contribution is -0.122. The smallest absolute Gasteiger partial charge is 0.335 e. The van der Waals surface area contributed by atoms with Crippen LogP contribution in [0.2, 0.25) is 0 Å². The molecule has 0 spiro atoms. The molecule has 4 rings (SSSR count). The first-order chi connectivity index (χ1) is 17.7. The van der Waals surface area contributed by atoms with E-state index in [1.807, 2.05) is 0 Å². The van der Waals surface area contributed by atoms with Crippen molar-refractivity contribution in [3.8, 4) is 11.5 Å². The number of methoxy groups -OCH3 is 1. The number of barbiturate groups is 1. The molecule has 0 aromatic heterocycles.